The van der Waals surface area contributed by atoms with Gasteiger partial charge in [0.05, 0.1) is 11.7 Å². The molecule has 0 spiro atoms. The van der Waals surface area contributed by atoms with Crippen LogP contribution in [-0.2, 0) is 4.79 Å². The molecule has 1 aliphatic heterocycles. The van der Waals surface area contributed by atoms with Crippen molar-refractivity contribution in [1.29, 1.82) is 0 Å². The molecule has 0 unspecified atom stereocenters. The number of thiazole rings is 1. The monoisotopic (exact) mass is 383 g/mol. The summed E-state index contributed by atoms with van der Waals surface area (Å²) >= 11 is 1.36. The third kappa shape index (κ3) is 3.56. The molecule has 1 aromatic carbocycles. The summed E-state index contributed by atoms with van der Waals surface area (Å²) in [7, 11) is 0. The van der Waals surface area contributed by atoms with Gasteiger partial charge in [0.15, 0.2) is 17.4 Å². The Morgan fingerprint density at radius 2 is 2.19 bits per heavy atom. The normalized spacial score (nSPS) is 14.1. The first-order valence-electron chi connectivity index (χ1n) is 8.39. The maximum atomic E-state index is 12.5. The zero-order chi connectivity index (χ0) is 19.0. The highest BCUT2D eigenvalue weighted by Gasteiger charge is 2.20. The molecule has 138 valence electrons. The molecule has 8 heteroatoms. The van der Waals surface area contributed by atoms with Crippen molar-refractivity contribution in [2.75, 3.05) is 11.9 Å². The maximum absolute atomic E-state index is 12.5. The van der Waals surface area contributed by atoms with Crippen LogP contribution in [0, 0.1) is 6.92 Å². The minimum Gasteiger partial charge on any atom is -0.482 e. The largest absolute Gasteiger partial charge is 0.482 e. The van der Waals surface area contributed by atoms with Crippen LogP contribution in [0.2, 0.25) is 0 Å². The highest BCUT2D eigenvalue weighted by molar-refractivity contribution is 7.13. The predicted molar refractivity (Wildman–Crippen MR) is 101 cm³/mol. The number of nitrogens with one attached hydrogen (secondary N) is 2. The number of nitrogens with zero attached hydrogens (tertiary/aromatic N) is 1. The first-order valence-corrected chi connectivity index (χ1v) is 9.27. The Labute approximate surface area is 159 Å². The zero-order valence-electron chi connectivity index (χ0n) is 14.7. The third-order valence-corrected chi connectivity index (χ3v) is 5.03. The van der Waals surface area contributed by atoms with E-state index < -0.39 is 0 Å². The Morgan fingerprint density at radius 3 is 2.96 bits per heavy atom. The van der Waals surface area contributed by atoms with Crippen molar-refractivity contribution in [3.63, 3.8) is 0 Å². The number of rotatable bonds is 4. The summed E-state index contributed by atoms with van der Waals surface area (Å²) in [6.45, 7) is 3.74. The van der Waals surface area contributed by atoms with E-state index >= 15 is 0 Å². The molecular formula is C19H17N3O4S. The van der Waals surface area contributed by atoms with E-state index in [1.165, 1.54) is 11.3 Å². The second kappa shape index (κ2) is 6.88. The van der Waals surface area contributed by atoms with Crippen molar-refractivity contribution in [2.24, 2.45) is 0 Å². The average molecular weight is 383 g/mol. The van der Waals surface area contributed by atoms with Crippen molar-refractivity contribution in [2.45, 2.75) is 19.9 Å². The fourth-order valence-electron chi connectivity index (χ4n) is 2.76. The van der Waals surface area contributed by atoms with E-state index in [2.05, 4.69) is 15.6 Å². The Hall–Kier alpha value is -3.13. The van der Waals surface area contributed by atoms with Crippen molar-refractivity contribution in [3.05, 3.63) is 52.7 Å². The molecule has 2 amide bonds. The smallest absolute Gasteiger partial charge is 0.271 e. The van der Waals surface area contributed by atoms with Crippen LogP contribution in [0.1, 0.15) is 34.8 Å². The number of aryl methyl sites for hydroxylation is 1. The van der Waals surface area contributed by atoms with E-state index in [0.29, 0.717) is 27.9 Å². The van der Waals surface area contributed by atoms with Crippen molar-refractivity contribution in [3.8, 4) is 16.5 Å². The second-order valence-corrected chi connectivity index (χ2v) is 7.09. The van der Waals surface area contributed by atoms with E-state index in [0.717, 1.165) is 11.3 Å². The van der Waals surface area contributed by atoms with E-state index in [-0.39, 0.29) is 24.5 Å². The lowest BCUT2D eigenvalue weighted by molar-refractivity contribution is -0.118. The van der Waals surface area contributed by atoms with Gasteiger partial charge in [-0.2, -0.15) is 0 Å². The second-order valence-electron chi connectivity index (χ2n) is 6.24. The number of ether oxygens (including phenoxy) is 1. The highest BCUT2D eigenvalue weighted by atomic mass is 32.1. The number of benzene rings is 1. The lowest BCUT2D eigenvalue weighted by Gasteiger charge is -2.20. The van der Waals surface area contributed by atoms with Crippen molar-refractivity contribution < 1.29 is 18.7 Å². The zero-order valence-corrected chi connectivity index (χ0v) is 15.6. The molecule has 1 aliphatic rings. The predicted octanol–water partition coefficient (Wildman–Crippen LogP) is 3.53. The Kier molecular flexibility index (Phi) is 4.41. The van der Waals surface area contributed by atoms with Crippen LogP contribution < -0.4 is 15.4 Å². The van der Waals surface area contributed by atoms with Gasteiger partial charge in [-0.05, 0) is 43.7 Å². The fraction of sp³-hybridized carbons (Fsp3) is 0.211. The molecule has 7 nitrogen and oxygen atoms in total. The average Bonchev–Trinajstić information content (AvgIpc) is 3.30. The molecular weight excluding hydrogens is 366 g/mol. The van der Waals surface area contributed by atoms with Gasteiger partial charge in [0.2, 0.25) is 0 Å². The minimum atomic E-state index is -0.272. The summed E-state index contributed by atoms with van der Waals surface area (Å²) in [5, 5.41) is 8.05. The van der Waals surface area contributed by atoms with Gasteiger partial charge in [0.1, 0.15) is 17.2 Å². The van der Waals surface area contributed by atoms with E-state index in [4.69, 9.17) is 9.15 Å². The lowest BCUT2D eigenvalue weighted by Crippen LogP contribution is -2.28. The number of aromatic nitrogens is 1. The van der Waals surface area contributed by atoms with Gasteiger partial charge in [-0.25, -0.2) is 4.98 Å². The van der Waals surface area contributed by atoms with E-state index in [1.807, 2.05) is 32.0 Å². The first kappa shape index (κ1) is 17.3. The van der Waals surface area contributed by atoms with Crippen LogP contribution in [0.4, 0.5) is 5.69 Å². The van der Waals surface area contributed by atoms with Crippen LogP contribution >= 0.6 is 11.3 Å². The molecule has 0 bridgehead atoms. The van der Waals surface area contributed by atoms with Gasteiger partial charge < -0.3 is 19.8 Å². The molecule has 27 heavy (non-hydrogen) atoms. The van der Waals surface area contributed by atoms with Crippen LogP contribution in [0.5, 0.6) is 5.75 Å². The lowest BCUT2D eigenvalue weighted by atomic mass is 10.1. The van der Waals surface area contributed by atoms with Crippen molar-refractivity contribution >= 4 is 28.8 Å². The Balaban J connectivity index is 1.47. The van der Waals surface area contributed by atoms with Crippen LogP contribution in [-0.4, -0.2) is 23.4 Å². The number of hydrogen-bond donors (Lipinski definition) is 2. The number of anilines is 1. The standard InChI is InChI=1S/C19H17N3O4S/c1-10-3-5-16(26-10)19-22-14(9-27-19)18(24)20-11(2)12-4-6-15-13(7-12)21-17(23)8-25-15/h3-7,9,11H,8H2,1-2H3,(H,20,24)(H,21,23)/t11-/m1/s1. The topological polar surface area (TPSA) is 93.5 Å². The minimum absolute atomic E-state index is 0.0139. The van der Waals surface area contributed by atoms with Crippen LogP contribution in [0.3, 0.4) is 0 Å². The molecule has 2 N–H and O–H groups in total. The van der Waals surface area contributed by atoms with E-state index in [1.54, 1.807) is 17.5 Å². The summed E-state index contributed by atoms with van der Waals surface area (Å²) in [6, 6.07) is 8.87. The molecule has 0 saturated heterocycles. The number of amides is 2. The molecule has 1 atom stereocenters. The van der Waals surface area contributed by atoms with Gasteiger partial charge in [-0.3, -0.25) is 9.59 Å². The number of carbonyl (C=O) groups is 2. The Bertz CT molecular complexity index is 1020. The van der Waals surface area contributed by atoms with Gasteiger partial charge in [0.25, 0.3) is 11.8 Å². The van der Waals surface area contributed by atoms with Gasteiger partial charge in [0, 0.05) is 5.38 Å². The number of fused-ring (bicyclic) bond motifs is 1. The number of carbonyl (C=O) groups excluding carboxylic acids is 2. The molecule has 4 rings (SSSR count). The SMILES string of the molecule is Cc1ccc(-c2nc(C(=O)N[C@H](C)c3ccc4c(c3)NC(=O)CO4)cs2)o1. The summed E-state index contributed by atoms with van der Waals surface area (Å²) in [5.74, 6) is 1.60. The van der Waals surface area contributed by atoms with Gasteiger partial charge in [-0.1, -0.05) is 6.07 Å². The summed E-state index contributed by atoms with van der Waals surface area (Å²) in [6.07, 6.45) is 0. The maximum Gasteiger partial charge on any atom is 0.271 e. The molecule has 0 radical (unpaired) electrons. The third-order valence-electron chi connectivity index (χ3n) is 4.17. The molecule has 0 aliphatic carbocycles. The van der Waals surface area contributed by atoms with Crippen LogP contribution in [0.25, 0.3) is 10.8 Å². The molecule has 3 aromatic rings. The van der Waals surface area contributed by atoms with Crippen LogP contribution in [0.15, 0.2) is 40.1 Å². The highest BCUT2D eigenvalue weighted by Crippen LogP contribution is 2.31. The summed E-state index contributed by atoms with van der Waals surface area (Å²) < 4.78 is 10.9. The molecule has 3 heterocycles. The van der Waals surface area contributed by atoms with Crippen molar-refractivity contribution in [1.82, 2.24) is 10.3 Å². The van der Waals surface area contributed by atoms with Gasteiger partial charge >= 0.3 is 0 Å². The molecule has 2 aromatic heterocycles. The van der Waals surface area contributed by atoms with E-state index in [9.17, 15) is 9.59 Å². The first-order chi connectivity index (χ1) is 13.0. The summed E-state index contributed by atoms with van der Waals surface area (Å²) in [4.78, 5) is 28.4. The number of hydrogen-bond acceptors (Lipinski definition) is 6. The fourth-order valence-corrected chi connectivity index (χ4v) is 3.52. The molecule has 0 saturated carbocycles. The Morgan fingerprint density at radius 1 is 1.33 bits per heavy atom. The number of furan rings is 1. The molecule has 0 fully saturated rings. The quantitative estimate of drug-likeness (QED) is 0.719. The van der Waals surface area contributed by atoms with Gasteiger partial charge in [-0.15, -0.1) is 11.3 Å². The summed E-state index contributed by atoms with van der Waals surface area (Å²) in [5.41, 5.74) is 1.80.